The van der Waals surface area contributed by atoms with Crippen LogP contribution >= 0.6 is 22.9 Å². The predicted molar refractivity (Wildman–Crippen MR) is 68.1 cm³/mol. The molecule has 0 bridgehead atoms. The average Bonchev–Trinajstić information content (AvgIpc) is 2.78. The highest BCUT2D eigenvalue weighted by atomic mass is 35.5. The van der Waals surface area contributed by atoms with E-state index < -0.39 is 0 Å². The molecule has 0 N–H and O–H groups in total. The zero-order valence-corrected chi connectivity index (χ0v) is 10.8. The average molecular weight is 253 g/mol. The molecule has 84 valence electrons. The first-order valence-electron chi connectivity index (χ1n) is 5.21. The van der Waals surface area contributed by atoms with Crippen LogP contribution in [0.4, 0.5) is 0 Å². The Balaban J connectivity index is 2.24. The van der Waals surface area contributed by atoms with Gasteiger partial charge in [-0.3, -0.25) is 0 Å². The molecule has 0 amide bonds. The molecule has 1 aromatic carbocycles. The molecular weight excluding hydrogens is 240 g/mol. The fourth-order valence-electron chi connectivity index (χ4n) is 1.47. The van der Waals surface area contributed by atoms with Crippen molar-refractivity contribution in [2.45, 2.75) is 25.1 Å². The summed E-state index contributed by atoms with van der Waals surface area (Å²) in [6.07, 6.45) is 0. The van der Waals surface area contributed by atoms with Gasteiger partial charge in [0.2, 0.25) is 0 Å². The van der Waals surface area contributed by atoms with E-state index in [1.807, 2.05) is 25.1 Å². The van der Waals surface area contributed by atoms with E-state index in [-0.39, 0.29) is 11.3 Å². The largest absolute Gasteiger partial charge is 0.143 e. The predicted octanol–water partition coefficient (Wildman–Crippen LogP) is 3.99. The molecule has 1 aromatic heterocycles. The van der Waals surface area contributed by atoms with Crippen molar-refractivity contribution in [3.8, 4) is 0 Å². The number of alkyl halides is 1. The first-order valence-corrected chi connectivity index (χ1v) is 6.46. The molecule has 2 rings (SSSR count). The van der Waals surface area contributed by atoms with Crippen LogP contribution in [0.25, 0.3) is 0 Å². The van der Waals surface area contributed by atoms with Gasteiger partial charge < -0.3 is 0 Å². The monoisotopic (exact) mass is 252 g/mol. The first-order chi connectivity index (χ1) is 7.68. The zero-order chi connectivity index (χ0) is 11.5. The van der Waals surface area contributed by atoms with Crippen molar-refractivity contribution in [2.75, 3.05) is 0 Å². The quantitative estimate of drug-likeness (QED) is 0.772. The Labute approximate surface area is 104 Å². The van der Waals surface area contributed by atoms with E-state index >= 15 is 0 Å². The Bertz CT molecular complexity index is 453. The maximum absolute atomic E-state index is 5.98. The summed E-state index contributed by atoms with van der Waals surface area (Å²) in [5.41, 5.74) is 1.26. The third kappa shape index (κ3) is 2.42. The second-order valence-corrected chi connectivity index (χ2v) is 5.42. The summed E-state index contributed by atoms with van der Waals surface area (Å²) in [6, 6.07) is 10.3. The van der Waals surface area contributed by atoms with Crippen LogP contribution in [0.2, 0.25) is 0 Å². The van der Waals surface area contributed by atoms with Gasteiger partial charge in [0.25, 0.3) is 0 Å². The minimum Gasteiger partial charge on any atom is -0.143 e. The number of halogens is 1. The fourth-order valence-corrected chi connectivity index (χ4v) is 2.50. The maximum Gasteiger partial charge on any atom is 0.135 e. The molecule has 4 heteroatoms. The van der Waals surface area contributed by atoms with Gasteiger partial charge in [0.15, 0.2) is 0 Å². The molecule has 0 aliphatic heterocycles. The number of rotatable bonds is 3. The number of nitrogens with zero attached hydrogens (tertiary/aromatic N) is 2. The van der Waals surface area contributed by atoms with Gasteiger partial charge in [-0.2, -0.15) is 0 Å². The SMILES string of the molecule is CC(Cl)c1nnc(C(C)c2ccccc2)s1. The van der Waals surface area contributed by atoms with Gasteiger partial charge in [-0.05, 0) is 12.5 Å². The lowest BCUT2D eigenvalue weighted by atomic mass is 10.0. The van der Waals surface area contributed by atoms with Gasteiger partial charge in [0.1, 0.15) is 10.0 Å². The van der Waals surface area contributed by atoms with Crippen molar-refractivity contribution in [3.63, 3.8) is 0 Å². The number of hydrogen-bond donors (Lipinski definition) is 0. The molecule has 0 aliphatic rings. The van der Waals surface area contributed by atoms with Crippen LogP contribution < -0.4 is 0 Å². The lowest BCUT2D eigenvalue weighted by Gasteiger charge is -2.06. The lowest BCUT2D eigenvalue weighted by molar-refractivity contribution is 0.853. The van der Waals surface area contributed by atoms with Crippen molar-refractivity contribution in [2.24, 2.45) is 0 Å². The van der Waals surface area contributed by atoms with Crippen molar-refractivity contribution in [1.82, 2.24) is 10.2 Å². The molecule has 0 spiro atoms. The van der Waals surface area contributed by atoms with Crippen LogP contribution in [0.1, 0.15) is 40.7 Å². The van der Waals surface area contributed by atoms with E-state index in [1.165, 1.54) is 5.56 Å². The molecule has 2 aromatic rings. The van der Waals surface area contributed by atoms with Crippen LogP contribution in [0, 0.1) is 0 Å². The highest BCUT2D eigenvalue weighted by Crippen LogP contribution is 2.30. The zero-order valence-electron chi connectivity index (χ0n) is 9.22. The smallest absolute Gasteiger partial charge is 0.135 e. The van der Waals surface area contributed by atoms with E-state index in [0.717, 1.165) is 10.0 Å². The minimum atomic E-state index is -0.0609. The summed E-state index contributed by atoms with van der Waals surface area (Å²) in [5, 5.41) is 10.1. The van der Waals surface area contributed by atoms with Crippen LogP contribution in [0.3, 0.4) is 0 Å². The van der Waals surface area contributed by atoms with Gasteiger partial charge in [0.05, 0.1) is 5.38 Å². The van der Waals surface area contributed by atoms with Gasteiger partial charge >= 0.3 is 0 Å². The number of aromatic nitrogens is 2. The summed E-state index contributed by atoms with van der Waals surface area (Å²) >= 11 is 7.56. The molecule has 0 aliphatic carbocycles. The molecule has 0 saturated carbocycles. The van der Waals surface area contributed by atoms with Crippen molar-refractivity contribution < 1.29 is 0 Å². The molecular formula is C12H13ClN2S. The maximum atomic E-state index is 5.98. The Hall–Kier alpha value is -0.930. The highest BCUT2D eigenvalue weighted by molar-refractivity contribution is 7.11. The van der Waals surface area contributed by atoms with Crippen LogP contribution in [0.5, 0.6) is 0 Å². The molecule has 2 atom stereocenters. The van der Waals surface area contributed by atoms with Crippen LogP contribution in [-0.2, 0) is 0 Å². The van der Waals surface area contributed by atoms with Crippen molar-refractivity contribution in [1.29, 1.82) is 0 Å². The van der Waals surface area contributed by atoms with E-state index in [1.54, 1.807) is 11.3 Å². The van der Waals surface area contributed by atoms with E-state index in [0.29, 0.717) is 0 Å². The second kappa shape index (κ2) is 4.93. The molecule has 1 heterocycles. The minimum absolute atomic E-state index is 0.0609. The van der Waals surface area contributed by atoms with Crippen molar-refractivity contribution >= 4 is 22.9 Å². The Morgan fingerprint density at radius 1 is 1.06 bits per heavy atom. The molecule has 2 unspecified atom stereocenters. The third-order valence-corrected chi connectivity index (χ3v) is 4.09. The molecule has 0 radical (unpaired) electrons. The third-order valence-electron chi connectivity index (χ3n) is 2.47. The Morgan fingerprint density at radius 2 is 1.69 bits per heavy atom. The summed E-state index contributed by atoms with van der Waals surface area (Å²) in [6.45, 7) is 4.05. The summed E-state index contributed by atoms with van der Waals surface area (Å²) in [4.78, 5) is 0. The van der Waals surface area contributed by atoms with Crippen molar-refractivity contribution in [3.05, 3.63) is 45.9 Å². The normalized spacial score (nSPS) is 14.7. The first kappa shape index (κ1) is 11.6. The van der Waals surface area contributed by atoms with Gasteiger partial charge in [-0.15, -0.1) is 21.8 Å². The summed E-state index contributed by atoms with van der Waals surface area (Å²) in [7, 11) is 0. The second-order valence-electron chi connectivity index (χ2n) is 3.73. The van der Waals surface area contributed by atoms with E-state index in [4.69, 9.17) is 11.6 Å². The lowest BCUT2D eigenvalue weighted by Crippen LogP contribution is -1.94. The molecule has 16 heavy (non-hydrogen) atoms. The fraction of sp³-hybridized carbons (Fsp3) is 0.333. The number of hydrogen-bond acceptors (Lipinski definition) is 3. The number of benzene rings is 1. The van der Waals surface area contributed by atoms with Gasteiger partial charge in [-0.25, -0.2) is 0 Å². The Morgan fingerprint density at radius 3 is 2.25 bits per heavy atom. The summed E-state index contributed by atoms with van der Waals surface area (Å²) in [5.74, 6) is 0.280. The van der Waals surface area contributed by atoms with Gasteiger partial charge in [-0.1, -0.05) is 48.6 Å². The summed E-state index contributed by atoms with van der Waals surface area (Å²) < 4.78 is 0. The highest BCUT2D eigenvalue weighted by Gasteiger charge is 2.15. The van der Waals surface area contributed by atoms with E-state index in [2.05, 4.69) is 29.3 Å². The Kier molecular flexibility index (Phi) is 3.56. The standard InChI is InChI=1S/C12H13ClN2S/c1-8(10-6-4-3-5-7-10)11-14-15-12(16-11)9(2)13/h3-9H,1-2H3. The molecule has 2 nitrogen and oxygen atoms in total. The molecule has 0 saturated heterocycles. The van der Waals surface area contributed by atoms with Crippen LogP contribution in [0.15, 0.2) is 30.3 Å². The van der Waals surface area contributed by atoms with Gasteiger partial charge in [0, 0.05) is 5.92 Å². The topological polar surface area (TPSA) is 25.8 Å². The van der Waals surface area contributed by atoms with E-state index in [9.17, 15) is 0 Å². The molecule has 0 fully saturated rings. The van der Waals surface area contributed by atoms with Crippen LogP contribution in [-0.4, -0.2) is 10.2 Å².